The average Bonchev–Trinajstić information content (AvgIpc) is 3.16. The van der Waals surface area contributed by atoms with Gasteiger partial charge in [0.05, 0.1) is 12.6 Å². The van der Waals surface area contributed by atoms with E-state index in [2.05, 4.69) is 42.2 Å². The highest BCUT2D eigenvalue weighted by Gasteiger charge is 2.31. The molecule has 0 aliphatic carbocycles. The van der Waals surface area contributed by atoms with Gasteiger partial charge < -0.3 is 10.3 Å². The zero-order valence-electron chi connectivity index (χ0n) is 16.1. The number of primary amides is 1. The van der Waals surface area contributed by atoms with Crippen molar-refractivity contribution >= 4 is 5.91 Å². The third-order valence-corrected chi connectivity index (χ3v) is 5.32. The van der Waals surface area contributed by atoms with E-state index in [1.165, 1.54) is 16.7 Å². The molecule has 2 aromatic carbocycles. The largest absolute Gasteiger partial charge is 0.368 e. The summed E-state index contributed by atoms with van der Waals surface area (Å²) in [5, 5.41) is 4.11. The van der Waals surface area contributed by atoms with E-state index in [1.54, 1.807) is 0 Å². The predicted molar refractivity (Wildman–Crippen MR) is 106 cm³/mol. The second-order valence-corrected chi connectivity index (χ2v) is 7.58. The predicted octanol–water partition coefficient (Wildman–Crippen LogP) is 3.27. The van der Waals surface area contributed by atoms with Gasteiger partial charge in [0.15, 0.2) is 0 Å². The Labute approximate surface area is 164 Å². The lowest BCUT2D eigenvalue weighted by atomic mass is 9.93. The van der Waals surface area contributed by atoms with Crippen molar-refractivity contribution in [2.75, 3.05) is 0 Å². The van der Waals surface area contributed by atoms with E-state index in [-0.39, 0.29) is 11.9 Å². The van der Waals surface area contributed by atoms with Crippen LogP contribution in [0.4, 0.5) is 0 Å². The number of nitrogens with zero attached hydrogens (tertiary/aromatic N) is 3. The van der Waals surface area contributed by atoms with Crippen molar-refractivity contribution in [3.05, 3.63) is 71.1 Å². The molecule has 144 valence electrons. The van der Waals surface area contributed by atoms with Gasteiger partial charge in [0.1, 0.15) is 0 Å². The molecule has 0 radical (unpaired) electrons. The fourth-order valence-corrected chi connectivity index (χ4v) is 3.65. The molecule has 2 N–H and O–H groups in total. The highest BCUT2D eigenvalue weighted by molar-refractivity contribution is 5.80. The molecular weight excluding hydrogens is 352 g/mol. The van der Waals surface area contributed by atoms with Gasteiger partial charge in [-0.1, -0.05) is 67.5 Å². The number of aromatic nitrogens is 2. The number of rotatable bonds is 5. The molecule has 1 aliphatic rings. The molecule has 6 nitrogen and oxygen atoms in total. The summed E-state index contributed by atoms with van der Waals surface area (Å²) < 4.78 is 5.46. The molecule has 28 heavy (non-hydrogen) atoms. The summed E-state index contributed by atoms with van der Waals surface area (Å²) in [4.78, 5) is 18.5. The Balaban J connectivity index is 1.53. The molecule has 3 aromatic rings. The van der Waals surface area contributed by atoms with Crippen LogP contribution in [0.3, 0.4) is 0 Å². The molecule has 1 aliphatic heterocycles. The molecule has 2 heterocycles. The highest BCUT2D eigenvalue weighted by Crippen LogP contribution is 2.26. The minimum absolute atomic E-state index is 0.335. The molecule has 1 aromatic heterocycles. The minimum Gasteiger partial charge on any atom is -0.368 e. The Morgan fingerprint density at radius 2 is 1.89 bits per heavy atom. The van der Waals surface area contributed by atoms with Crippen molar-refractivity contribution in [1.82, 2.24) is 15.0 Å². The van der Waals surface area contributed by atoms with Crippen LogP contribution in [0.2, 0.25) is 0 Å². The maximum atomic E-state index is 12.0. The van der Waals surface area contributed by atoms with Gasteiger partial charge >= 0.3 is 0 Å². The summed E-state index contributed by atoms with van der Waals surface area (Å²) in [7, 11) is 0. The number of hydrogen-bond acceptors (Lipinski definition) is 5. The normalized spacial score (nSPS) is 16.9. The van der Waals surface area contributed by atoms with E-state index in [4.69, 9.17) is 10.3 Å². The number of benzene rings is 2. The van der Waals surface area contributed by atoms with Gasteiger partial charge in [-0.2, -0.15) is 4.98 Å². The van der Waals surface area contributed by atoms with Gasteiger partial charge in [-0.25, -0.2) is 0 Å². The van der Waals surface area contributed by atoms with Crippen LogP contribution in [0.1, 0.15) is 42.3 Å². The lowest BCUT2D eigenvalue weighted by molar-refractivity contribution is -0.124. The van der Waals surface area contributed by atoms with Crippen LogP contribution < -0.4 is 5.73 Å². The number of fused-ring (bicyclic) bond motifs is 1. The van der Waals surface area contributed by atoms with Crippen LogP contribution in [0.25, 0.3) is 11.4 Å². The first kappa shape index (κ1) is 18.4. The number of nitrogens with two attached hydrogens (primary N) is 1. The maximum absolute atomic E-state index is 12.0. The molecule has 0 saturated carbocycles. The van der Waals surface area contributed by atoms with E-state index in [9.17, 15) is 4.79 Å². The zero-order chi connectivity index (χ0) is 19.7. The van der Waals surface area contributed by atoms with E-state index in [1.807, 2.05) is 35.2 Å². The van der Waals surface area contributed by atoms with E-state index < -0.39 is 0 Å². The SMILES string of the molecule is CC(C)c1ccc(-c2noc(CN3Cc4ccccc4C[C@H]3C(N)=O)n2)cc1. The van der Waals surface area contributed by atoms with Crippen molar-refractivity contribution in [3.8, 4) is 11.4 Å². The second kappa shape index (κ2) is 7.56. The summed E-state index contributed by atoms with van der Waals surface area (Å²) >= 11 is 0. The van der Waals surface area contributed by atoms with Crippen LogP contribution in [-0.2, 0) is 24.3 Å². The Morgan fingerprint density at radius 3 is 2.57 bits per heavy atom. The third-order valence-electron chi connectivity index (χ3n) is 5.32. The summed E-state index contributed by atoms with van der Waals surface area (Å²) in [6.45, 7) is 5.34. The van der Waals surface area contributed by atoms with Crippen molar-refractivity contribution in [2.45, 2.75) is 45.3 Å². The van der Waals surface area contributed by atoms with Gasteiger partial charge in [0, 0.05) is 12.1 Å². The first-order chi connectivity index (χ1) is 13.5. The van der Waals surface area contributed by atoms with Crippen LogP contribution in [0.15, 0.2) is 53.1 Å². The van der Waals surface area contributed by atoms with Crippen LogP contribution in [0, 0.1) is 0 Å². The molecule has 1 amide bonds. The van der Waals surface area contributed by atoms with E-state index in [0.29, 0.717) is 37.1 Å². The molecule has 0 fully saturated rings. The molecular formula is C22H24N4O2. The molecule has 4 rings (SSSR count). The monoisotopic (exact) mass is 376 g/mol. The number of amides is 1. The maximum Gasteiger partial charge on any atom is 0.241 e. The number of carbonyl (C=O) groups excluding carboxylic acids is 1. The molecule has 0 bridgehead atoms. The van der Waals surface area contributed by atoms with Crippen molar-refractivity contribution in [1.29, 1.82) is 0 Å². The lowest BCUT2D eigenvalue weighted by Gasteiger charge is -2.33. The third kappa shape index (κ3) is 3.68. The first-order valence-electron chi connectivity index (χ1n) is 9.54. The Hall–Kier alpha value is -2.99. The van der Waals surface area contributed by atoms with Gasteiger partial charge in [-0.3, -0.25) is 9.69 Å². The fraction of sp³-hybridized carbons (Fsp3) is 0.318. The Morgan fingerprint density at radius 1 is 1.18 bits per heavy atom. The van der Waals surface area contributed by atoms with Gasteiger partial charge in [-0.05, 0) is 29.0 Å². The van der Waals surface area contributed by atoms with Crippen molar-refractivity contribution in [2.24, 2.45) is 5.73 Å². The summed E-state index contributed by atoms with van der Waals surface area (Å²) in [6, 6.07) is 15.9. The number of carbonyl (C=O) groups is 1. The molecule has 1 atom stereocenters. The van der Waals surface area contributed by atoms with Crippen molar-refractivity contribution in [3.63, 3.8) is 0 Å². The van der Waals surface area contributed by atoms with Crippen LogP contribution >= 0.6 is 0 Å². The molecule has 6 heteroatoms. The standard InChI is InChI=1S/C22H24N4O2/c1-14(2)15-7-9-16(10-8-15)22-24-20(28-25-22)13-26-12-18-6-4-3-5-17(18)11-19(26)21(23)27/h3-10,14,19H,11-13H2,1-2H3,(H2,23,27)/t19-/m0/s1. The topological polar surface area (TPSA) is 85.3 Å². The van der Waals surface area contributed by atoms with Crippen LogP contribution in [0.5, 0.6) is 0 Å². The summed E-state index contributed by atoms with van der Waals surface area (Å²) in [5.41, 5.74) is 10.2. The smallest absolute Gasteiger partial charge is 0.241 e. The van der Waals surface area contributed by atoms with Crippen molar-refractivity contribution < 1.29 is 9.32 Å². The fourth-order valence-electron chi connectivity index (χ4n) is 3.65. The second-order valence-electron chi connectivity index (χ2n) is 7.58. The Bertz CT molecular complexity index is 978. The summed E-state index contributed by atoms with van der Waals surface area (Å²) in [6.07, 6.45) is 0.600. The molecule has 0 saturated heterocycles. The Kier molecular flexibility index (Phi) is 4.96. The number of hydrogen-bond donors (Lipinski definition) is 1. The highest BCUT2D eigenvalue weighted by atomic mass is 16.5. The van der Waals surface area contributed by atoms with E-state index >= 15 is 0 Å². The lowest BCUT2D eigenvalue weighted by Crippen LogP contribution is -2.48. The average molecular weight is 376 g/mol. The quantitative estimate of drug-likeness (QED) is 0.739. The molecule has 0 spiro atoms. The van der Waals surface area contributed by atoms with E-state index in [0.717, 1.165) is 5.56 Å². The summed E-state index contributed by atoms with van der Waals surface area (Å²) in [5.74, 6) is 1.17. The molecule has 0 unspecified atom stereocenters. The zero-order valence-corrected chi connectivity index (χ0v) is 16.1. The minimum atomic E-state index is -0.379. The van der Waals surface area contributed by atoms with Gasteiger partial charge in [0.25, 0.3) is 0 Å². The van der Waals surface area contributed by atoms with Gasteiger partial charge in [-0.15, -0.1) is 0 Å². The van der Waals surface area contributed by atoms with Crippen LogP contribution in [-0.4, -0.2) is 27.0 Å². The first-order valence-corrected chi connectivity index (χ1v) is 9.54. The van der Waals surface area contributed by atoms with Gasteiger partial charge in [0.2, 0.25) is 17.6 Å².